The number of esters is 1. The molecular weight excluding hydrogens is 314 g/mol. The maximum absolute atomic E-state index is 12.6. The van der Waals surface area contributed by atoms with Crippen LogP contribution in [0.5, 0.6) is 0 Å². The molecule has 4 unspecified atom stereocenters. The average Bonchev–Trinajstić information content (AvgIpc) is 2.59. The summed E-state index contributed by atoms with van der Waals surface area (Å²) in [6, 6.07) is 9.11. The van der Waals surface area contributed by atoms with Crippen LogP contribution in [0.15, 0.2) is 30.3 Å². The van der Waals surface area contributed by atoms with Crippen LogP contribution in [0.4, 0.5) is 0 Å². The molecule has 0 spiro atoms. The normalized spacial score (nSPS) is 32.3. The predicted octanol–water partition coefficient (Wildman–Crippen LogP) is 4.44. The van der Waals surface area contributed by atoms with E-state index in [2.05, 4.69) is 34.6 Å². The number of likely N-dealkylation sites (tertiary alicyclic amines) is 1. The van der Waals surface area contributed by atoms with E-state index in [0.29, 0.717) is 12.0 Å². The topological polar surface area (TPSA) is 46.6 Å². The molecule has 0 radical (unpaired) electrons. The molecule has 0 bridgehead atoms. The monoisotopic (exact) mass is 345 g/mol. The van der Waals surface area contributed by atoms with Gasteiger partial charge in [-0.15, -0.1) is 0 Å². The molecule has 0 aromatic heterocycles. The third-order valence-corrected chi connectivity index (χ3v) is 6.29. The number of nitrogens with zero attached hydrogens (tertiary/aromatic N) is 1. The number of piperidine rings is 1. The third kappa shape index (κ3) is 3.44. The van der Waals surface area contributed by atoms with E-state index in [1.165, 1.54) is 0 Å². The minimum Gasteiger partial charge on any atom is -0.458 e. The van der Waals surface area contributed by atoms with E-state index in [1.807, 2.05) is 23.1 Å². The van der Waals surface area contributed by atoms with Gasteiger partial charge in [0.15, 0.2) is 0 Å². The molecule has 4 atom stereocenters. The lowest BCUT2D eigenvalue weighted by molar-refractivity contribution is -0.169. The standard InChI is InChI=1S/C21H31NO3/c1-7-20(5)14-18(25-19(24)17-12-10-9-11-13-17)15(3)21(6,8-2)22(20)16(4)23/h9-13,15,18H,7-8,14H2,1-6H3. The Morgan fingerprint density at radius 3 is 2.24 bits per heavy atom. The Balaban J connectivity index is 2.34. The molecule has 1 heterocycles. The van der Waals surface area contributed by atoms with Crippen molar-refractivity contribution < 1.29 is 14.3 Å². The second-order valence-corrected chi connectivity index (χ2v) is 7.72. The van der Waals surface area contributed by atoms with Crippen molar-refractivity contribution in [2.45, 2.75) is 78.0 Å². The van der Waals surface area contributed by atoms with Crippen molar-refractivity contribution >= 4 is 11.9 Å². The van der Waals surface area contributed by atoms with Gasteiger partial charge in [0.05, 0.1) is 5.56 Å². The smallest absolute Gasteiger partial charge is 0.338 e. The van der Waals surface area contributed by atoms with Gasteiger partial charge in [0.1, 0.15) is 6.10 Å². The van der Waals surface area contributed by atoms with Crippen LogP contribution in [-0.2, 0) is 9.53 Å². The number of hydrogen-bond donors (Lipinski definition) is 0. The van der Waals surface area contributed by atoms with Crippen LogP contribution in [0, 0.1) is 5.92 Å². The average molecular weight is 345 g/mol. The van der Waals surface area contributed by atoms with E-state index in [9.17, 15) is 9.59 Å². The van der Waals surface area contributed by atoms with Crippen molar-refractivity contribution in [1.29, 1.82) is 0 Å². The lowest BCUT2D eigenvalue weighted by Gasteiger charge is -2.60. The fourth-order valence-corrected chi connectivity index (χ4v) is 4.37. The van der Waals surface area contributed by atoms with Gasteiger partial charge < -0.3 is 9.64 Å². The Labute approximate surface area is 151 Å². The molecule has 25 heavy (non-hydrogen) atoms. The quantitative estimate of drug-likeness (QED) is 0.758. The molecule has 1 fully saturated rings. The van der Waals surface area contributed by atoms with Gasteiger partial charge in [-0.3, -0.25) is 4.79 Å². The van der Waals surface area contributed by atoms with Gasteiger partial charge in [-0.25, -0.2) is 4.79 Å². The maximum Gasteiger partial charge on any atom is 0.338 e. The molecule has 0 N–H and O–H groups in total. The summed E-state index contributed by atoms with van der Waals surface area (Å²) < 4.78 is 5.94. The summed E-state index contributed by atoms with van der Waals surface area (Å²) in [6.07, 6.45) is 2.10. The molecule has 138 valence electrons. The molecular formula is C21H31NO3. The van der Waals surface area contributed by atoms with Crippen LogP contribution >= 0.6 is 0 Å². The summed E-state index contributed by atoms with van der Waals surface area (Å²) >= 11 is 0. The number of benzene rings is 1. The fourth-order valence-electron chi connectivity index (χ4n) is 4.37. The summed E-state index contributed by atoms with van der Waals surface area (Å²) in [4.78, 5) is 27.1. The van der Waals surface area contributed by atoms with Gasteiger partial charge in [-0.05, 0) is 38.8 Å². The predicted molar refractivity (Wildman–Crippen MR) is 99.3 cm³/mol. The van der Waals surface area contributed by atoms with Crippen LogP contribution in [-0.4, -0.2) is 34.0 Å². The fraction of sp³-hybridized carbons (Fsp3) is 0.619. The Morgan fingerprint density at radius 2 is 1.76 bits per heavy atom. The lowest BCUT2D eigenvalue weighted by atomic mass is 9.68. The summed E-state index contributed by atoms with van der Waals surface area (Å²) in [6.45, 7) is 12.2. The number of hydrogen-bond acceptors (Lipinski definition) is 3. The van der Waals surface area contributed by atoms with Crippen molar-refractivity contribution in [2.24, 2.45) is 5.92 Å². The Hall–Kier alpha value is -1.84. The van der Waals surface area contributed by atoms with Crippen molar-refractivity contribution in [3.8, 4) is 0 Å². The Bertz CT molecular complexity index is 629. The minimum atomic E-state index is -0.337. The van der Waals surface area contributed by atoms with Crippen LogP contribution in [0.3, 0.4) is 0 Å². The van der Waals surface area contributed by atoms with Crippen molar-refractivity contribution in [2.75, 3.05) is 0 Å². The molecule has 1 aromatic rings. The van der Waals surface area contributed by atoms with Crippen LogP contribution in [0.25, 0.3) is 0 Å². The molecule has 2 rings (SSSR count). The summed E-state index contributed by atoms with van der Waals surface area (Å²) in [7, 11) is 0. The van der Waals surface area contributed by atoms with Gasteiger partial charge in [-0.1, -0.05) is 39.0 Å². The van der Waals surface area contributed by atoms with Gasteiger partial charge >= 0.3 is 5.97 Å². The number of carbonyl (C=O) groups excluding carboxylic acids is 2. The number of ether oxygens (including phenoxy) is 1. The molecule has 1 aliphatic heterocycles. The molecule has 4 heteroatoms. The molecule has 0 saturated carbocycles. The van der Waals surface area contributed by atoms with E-state index in [1.54, 1.807) is 19.1 Å². The highest BCUT2D eigenvalue weighted by Gasteiger charge is 2.54. The van der Waals surface area contributed by atoms with Crippen molar-refractivity contribution in [1.82, 2.24) is 4.90 Å². The minimum absolute atomic E-state index is 0.0636. The molecule has 1 amide bonds. The zero-order valence-corrected chi connectivity index (χ0v) is 16.3. The molecule has 1 saturated heterocycles. The zero-order chi connectivity index (χ0) is 18.8. The molecule has 1 aliphatic rings. The number of carbonyl (C=O) groups is 2. The van der Waals surface area contributed by atoms with Gasteiger partial charge in [-0.2, -0.15) is 0 Å². The Kier molecular flexibility index (Phi) is 5.60. The van der Waals surface area contributed by atoms with Crippen LogP contribution < -0.4 is 0 Å². The maximum atomic E-state index is 12.6. The highest BCUT2D eigenvalue weighted by molar-refractivity contribution is 5.89. The Morgan fingerprint density at radius 1 is 1.16 bits per heavy atom. The number of amides is 1. The first-order valence-corrected chi connectivity index (χ1v) is 9.26. The summed E-state index contributed by atoms with van der Waals surface area (Å²) in [5, 5.41) is 0. The second kappa shape index (κ2) is 7.19. The van der Waals surface area contributed by atoms with E-state index in [4.69, 9.17) is 4.74 Å². The highest BCUT2D eigenvalue weighted by Crippen LogP contribution is 2.46. The largest absolute Gasteiger partial charge is 0.458 e. The first-order chi connectivity index (χ1) is 11.7. The molecule has 1 aromatic carbocycles. The third-order valence-electron chi connectivity index (χ3n) is 6.29. The van der Waals surface area contributed by atoms with E-state index < -0.39 is 0 Å². The van der Waals surface area contributed by atoms with Crippen molar-refractivity contribution in [3.63, 3.8) is 0 Å². The molecule has 0 aliphatic carbocycles. The lowest BCUT2D eigenvalue weighted by Crippen LogP contribution is -2.69. The molecule has 4 nitrogen and oxygen atoms in total. The van der Waals surface area contributed by atoms with Gasteiger partial charge in [0.25, 0.3) is 0 Å². The second-order valence-electron chi connectivity index (χ2n) is 7.72. The van der Waals surface area contributed by atoms with E-state index in [0.717, 1.165) is 12.8 Å². The van der Waals surface area contributed by atoms with E-state index >= 15 is 0 Å². The zero-order valence-electron chi connectivity index (χ0n) is 16.3. The van der Waals surface area contributed by atoms with Gasteiger partial charge in [0.2, 0.25) is 5.91 Å². The van der Waals surface area contributed by atoms with Gasteiger partial charge in [0, 0.05) is 30.3 Å². The first kappa shape index (κ1) is 19.5. The van der Waals surface area contributed by atoms with Crippen LogP contribution in [0.1, 0.15) is 71.2 Å². The highest BCUT2D eigenvalue weighted by atomic mass is 16.5. The SMILES string of the molecule is CCC1(C)CC(OC(=O)c2ccccc2)C(C)C(C)(CC)N1C(C)=O. The first-order valence-electron chi connectivity index (χ1n) is 9.26. The van der Waals surface area contributed by atoms with Crippen LogP contribution in [0.2, 0.25) is 0 Å². The van der Waals surface area contributed by atoms with E-state index in [-0.39, 0.29) is 35.0 Å². The van der Waals surface area contributed by atoms with Crippen molar-refractivity contribution in [3.05, 3.63) is 35.9 Å². The number of rotatable bonds is 4. The summed E-state index contributed by atoms with van der Waals surface area (Å²) in [5.41, 5.74) is -0.0820. The summed E-state index contributed by atoms with van der Waals surface area (Å²) in [5.74, 6) is -0.132.